The van der Waals surface area contributed by atoms with Gasteiger partial charge in [0.05, 0.1) is 21.0 Å². The van der Waals surface area contributed by atoms with E-state index >= 15 is 0 Å². The van der Waals surface area contributed by atoms with Gasteiger partial charge in [0.2, 0.25) is 23.1 Å². The predicted octanol–water partition coefficient (Wildman–Crippen LogP) is 8.31. The zero-order chi connectivity index (χ0) is 48.8. The van der Waals surface area contributed by atoms with Crippen LogP contribution in [0.5, 0.6) is 5.75 Å². The minimum absolute atomic E-state index is 0.00153. The van der Waals surface area contributed by atoms with Crippen molar-refractivity contribution in [1.82, 2.24) is 0 Å². The van der Waals surface area contributed by atoms with Crippen LogP contribution in [-0.2, 0) is 50.7 Å². The fraction of sp³-hybridized carbons (Fsp3) is 0.378. The first-order valence-electron chi connectivity index (χ1n) is 20.7. The predicted molar refractivity (Wildman–Crippen MR) is 238 cm³/mol. The number of benzene rings is 3. The molecule has 0 saturated carbocycles. The Labute approximate surface area is 381 Å². The highest BCUT2D eigenvalue weighted by atomic mass is 32.2. The number of hydrogen-bond acceptors (Lipinski definition) is 10. The molecule has 3 aromatic rings. The molecule has 66 heavy (non-hydrogen) atoms. The summed E-state index contributed by atoms with van der Waals surface area (Å²) >= 11 is 0. The summed E-state index contributed by atoms with van der Waals surface area (Å²) in [6, 6.07) is 8.50. The van der Waals surface area contributed by atoms with Crippen LogP contribution in [0.4, 0.5) is 28.9 Å². The fourth-order valence-corrected chi connectivity index (χ4v) is 9.94. The number of carbonyl (C=O) groups excluding carboxylic acids is 1. The molecule has 2 unspecified atom stereocenters. The monoisotopic (exact) mass is 983 g/mol. The number of esters is 1. The van der Waals surface area contributed by atoms with E-state index in [0.29, 0.717) is 54.9 Å². The van der Waals surface area contributed by atoms with Gasteiger partial charge in [-0.3, -0.25) is 18.5 Å². The third-order valence-corrected chi connectivity index (χ3v) is 14.2. The Morgan fingerprint density at radius 1 is 0.758 bits per heavy atom. The van der Waals surface area contributed by atoms with E-state index in [9.17, 15) is 61.3 Å². The SMILES string of the molecule is CCN1/C(=C/C=C/C=C/C=C/C2=[N+](CCCCCC(=O)Oc3c(F)c(F)cc(F)c3F)c3ccc(S(=O)(=O)O)cc3C2(C)CCOC)C(C)(CCCS(=O)(=O)O)c2cc(S(=O)(=O)O)ccc21. The number of halogens is 4. The van der Waals surface area contributed by atoms with Crippen molar-refractivity contribution in [2.45, 2.75) is 86.3 Å². The van der Waals surface area contributed by atoms with Crippen LogP contribution in [0, 0.1) is 23.3 Å². The van der Waals surface area contributed by atoms with Gasteiger partial charge in [-0.2, -0.15) is 38.6 Å². The van der Waals surface area contributed by atoms with Gasteiger partial charge >= 0.3 is 5.97 Å². The van der Waals surface area contributed by atoms with Gasteiger partial charge in [0.25, 0.3) is 30.4 Å². The molecule has 2 atom stereocenters. The number of methoxy groups -OCH3 is 1. The molecule has 0 radical (unpaired) electrons. The van der Waals surface area contributed by atoms with E-state index in [1.807, 2.05) is 42.4 Å². The maximum Gasteiger partial charge on any atom is 0.311 e. The lowest BCUT2D eigenvalue weighted by molar-refractivity contribution is -0.438. The molecule has 2 aliphatic heterocycles. The van der Waals surface area contributed by atoms with Crippen molar-refractivity contribution in [2.24, 2.45) is 0 Å². The summed E-state index contributed by atoms with van der Waals surface area (Å²) in [5.74, 6) is -10.2. The smallest absolute Gasteiger partial charge is 0.311 e. The molecule has 2 heterocycles. The molecule has 2 aliphatic rings. The number of ether oxygens (including phenoxy) is 2. The van der Waals surface area contributed by atoms with Gasteiger partial charge in [-0.1, -0.05) is 30.4 Å². The number of likely N-dealkylation sites (N-methyl/N-ethyl adjacent to an activating group) is 1. The van der Waals surface area contributed by atoms with Crippen molar-refractivity contribution in [2.75, 3.05) is 37.5 Å². The lowest BCUT2D eigenvalue weighted by Gasteiger charge is -2.30. The third kappa shape index (κ3) is 11.7. The largest absolute Gasteiger partial charge is 0.420 e. The average molecular weight is 984 g/mol. The Bertz CT molecular complexity index is 2840. The lowest BCUT2D eigenvalue weighted by Crippen LogP contribution is -2.33. The summed E-state index contributed by atoms with van der Waals surface area (Å²) in [5.41, 5.74) is 2.17. The Balaban J connectivity index is 1.40. The van der Waals surface area contributed by atoms with E-state index < -0.39 is 81.9 Å². The maximum atomic E-state index is 14.0. The number of nitrogens with zero attached hydrogens (tertiary/aromatic N) is 2. The highest BCUT2D eigenvalue weighted by molar-refractivity contribution is 7.86. The summed E-state index contributed by atoms with van der Waals surface area (Å²) < 4.78 is 168. The molecule has 0 aromatic heterocycles. The fourth-order valence-electron chi connectivity index (χ4n) is 8.41. The summed E-state index contributed by atoms with van der Waals surface area (Å²) in [6.07, 6.45) is 13.7. The second-order valence-corrected chi connectivity index (χ2v) is 20.6. The van der Waals surface area contributed by atoms with Crippen molar-refractivity contribution in [3.8, 4) is 5.75 Å². The van der Waals surface area contributed by atoms with Crippen molar-refractivity contribution in [3.05, 3.63) is 125 Å². The Kier molecular flexibility index (Phi) is 16.4. The maximum absolute atomic E-state index is 14.0. The molecule has 14 nitrogen and oxygen atoms in total. The van der Waals surface area contributed by atoms with Crippen molar-refractivity contribution < 1.29 is 75.3 Å². The number of fused-ring (bicyclic) bond motifs is 2. The number of carbonyl (C=O) groups is 1. The molecule has 0 amide bonds. The molecule has 21 heteroatoms. The van der Waals surface area contributed by atoms with E-state index in [-0.39, 0.29) is 48.1 Å². The van der Waals surface area contributed by atoms with E-state index in [2.05, 4.69) is 4.74 Å². The van der Waals surface area contributed by atoms with Crippen LogP contribution in [0.1, 0.15) is 76.8 Å². The summed E-state index contributed by atoms with van der Waals surface area (Å²) in [7, 11) is -11.9. The van der Waals surface area contributed by atoms with Gasteiger partial charge in [-0.15, -0.1) is 0 Å². The number of anilines is 1. The second-order valence-electron chi connectivity index (χ2n) is 16.1. The molecule has 0 bridgehead atoms. The summed E-state index contributed by atoms with van der Waals surface area (Å²) in [6.45, 7) is 6.70. The van der Waals surface area contributed by atoms with Crippen LogP contribution in [0.3, 0.4) is 0 Å². The molecular weight excluding hydrogens is 933 g/mol. The van der Waals surface area contributed by atoms with Gasteiger partial charge in [-0.25, -0.2) is 8.78 Å². The Morgan fingerprint density at radius 3 is 1.97 bits per heavy atom. The zero-order valence-corrected chi connectivity index (χ0v) is 39.0. The highest BCUT2D eigenvalue weighted by Gasteiger charge is 2.48. The van der Waals surface area contributed by atoms with Crippen LogP contribution in [0.15, 0.2) is 100 Å². The van der Waals surface area contributed by atoms with E-state index in [1.54, 1.807) is 42.5 Å². The number of rotatable bonds is 21. The van der Waals surface area contributed by atoms with Crippen molar-refractivity contribution in [3.63, 3.8) is 0 Å². The molecule has 0 aliphatic carbocycles. The molecular formula is C45H51F4N2O12S3+. The molecule has 5 rings (SSSR count). The van der Waals surface area contributed by atoms with Gasteiger partial charge in [0.15, 0.2) is 17.3 Å². The highest BCUT2D eigenvalue weighted by Crippen LogP contribution is 2.51. The molecule has 0 spiro atoms. The number of unbranched alkanes of at least 4 members (excludes halogenated alkanes) is 2. The molecule has 0 saturated heterocycles. The zero-order valence-electron chi connectivity index (χ0n) is 36.5. The Hall–Kier alpha value is -5.03. The van der Waals surface area contributed by atoms with E-state index in [4.69, 9.17) is 4.74 Å². The number of allylic oxidation sites excluding steroid dienone is 8. The van der Waals surface area contributed by atoms with Gasteiger partial charge < -0.3 is 14.4 Å². The topological polar surface area (TPSA) is 205 Å². The van der Waals surface area contributed by atoms with Crippen molar-refractivity contribution in [1.29, 1.82) is 0 Å². The molecule has 3 N–H and O–H groups in total. The van der Waals surface area contributed by atoms with Crippen LogP contribution < -0.4 is 9.64 Å². The Morgan fingerprint density at radius 2 is 1.36 bits per heavy atom. The first kappa shape index (κ1) is 51.9. The summed E-state index contributed by atoms with van der Waals surface area (Å²) in [5, 5.41) is 0. The molecule has 3 aromatic carbocycles. The second kappa shape index (κ2) is 20.9. The van der Waals surface area contributed by atoms with Crippen LogP contribution in [0.25, 0.3) is 0 Å². The molecule has 358 valence electrons. The normalized spacial score (nSPS) is 19.6. The number of hydrogen-bond donors (Lipinski definition) is 3. The molecule has 0 fully saturated rings. The minimum Gasteiger partial charge on any atom is -0.420 e. The quantitative estimate of drug-likeness (QED) is 0.0134. The van der Waals surface area contributed by atoms with Crippen LogP contribution >= 0.6 is 0 Å². The van der Waals surface area contributed by atoms with Crippen molar-refractivity contribution >= 4 is 53.4 Å². The van der Waals surface area contributed by atoms with Crippen LogP contribution in [0.2, 0.25) is 0 Å². The van der Waals surface area contributed by atoms with Gasteiger partial charge in [-0.05, 0) is 94.8 Å². The first-order valence-corrected chi connectivity index (χ1v) is 25.2. The average Bonchev–Trinajstić information content (AvgIpc) is 3.61. The third-order valence-electron chi connectivity index (χ3n) is 11.7. The van der Waals surface area contributed by atoms with Gasteiger partial charge in [0.1, 0.15) is 6.54 Å². The van der Waals surface area contributed by atoms with E-state index in [1.165, 1.54) is 31.4 Å². The minimum atomic E-state index is -4.58. The first-order chi connectivity index (χ1) is 30.9. The summed E-state index contributed by atoms with van der Waals surface area (Å²) in [4.78, 5) is 13.7. The van der Waals surface area contributed by atoms with Crippen LogP contribution in [-0.4, -0.2) is 87.7 Å². The standard InChI is InChI=1S/C45H50F4N2O12S3/c1-5-50-36-20-18-30(65(56,57)58)27-32(36)44(2,22-14-26-64(53,54)55)38(50)15-10-7-6-8-11-16-39-45(3,23-25-62-4)33-28-31(66(59,60)61)19-21-37(33)51(39)24-13-9-12-17-40(52)63-43-41(48)34(46)29-35(47)42(43)49/h6-8,10-11,15-16,18-21,27-29H,5,9,12-14,17,22-26H2,1-4H3,(H2-,53,54,55,56,57,58,59,60,61)/p+1. The lowest BCUT2D eigenvalue weighted by atomic mass is 9.76. The van der Waals surface area contributed by atoms with E-state index in [0.717, 1.165) is 11.4 Å². The van der Waals surface area contributed by atoms with Gasteiger partial charge in [0, 0.05) is 73.7 Å².